The summed E-state index contributed by atoms with van der Waals surface area (Å²) < 4.78 is 26.6. The summed E-state index contributed by atoms with van der Waals surface area (Å²) in [6.07, 6.45) is 4.60. The summed E-state index contributed by atoms with van der Waals surface area (Å²) in [7, 11) is 1.77. The summed E-state index contributed by atoms with van der Waals surface area (Å²) in [6.45, 7) is 0.559. The molecule has 1 atom stereocenters. The zero-order valence-electron chi connectivity index (χ0n) is 15.7. The van der Waals surface area contributed by atoms with E-state index < -0.39 is 5.92 Å². The molecule has 1 heterocycles. The average Bonchev–Trinajstić information content (AvgIpc) is 2.72. The quantitative estimate of drug-likeness (QED) is 0.609. The summed E-state index contributed by atoms with van der Waals surface area (Å²) in [6, 6.07) is 16.0. The van der Waals surface area contributed by atoms with E-state index in [0.717, 1.165) is 23.1 Å². The smallest absolute Gasteiger partial charge is 0.230 e. The van der Waals surface area contributed by atoms with E-state index in [0.29, 0.717) is 13.0 Å². The maximum absolute atomic E-state index is 13.3. The summed E-state index contributed by atoms with van der Waals surface area (Å²) >= 11 is 0. The van der Waals surface area contributed by atoms with Crippen LogP contribution in [0.25, 0.3) is 0 Å². The molecule has 3 nitrogen and oxygen atoms in total. The number of hydrogen-bond acceptors (Lipinski definition) is 2. The zero-order chi connectivity index (χ0) is 19.9. The summed E-state index contributed by atoms with van der Waals surface area (Å²) in [5.74, 6) is -1.18. The molecule has 144 valence electrons. The highest BCUT2D eigenvalue weighted by molar-refractivity contribution is 5.84. The van der Waals surface area contributed by atoms with Crippen molar-refractivity contribution in [2.75, 3.05) is 13.6 Å². The van der Waals surface area contributed by atoms with E-state index in [4.69, 9.17) is 0 Å². The van der Waals surface area contributed by atoms with Crippen LogP contribution in [0.2, 0.25) is 0 Å². The summed E-state index contributed by atoms with van der Waals surface area (Å²) in [4.78, 5) is 18.9. The Bertz CT molecular complexity index is 896. The number of likely N-dealkylation sites (N-methyl/N-ethyl adjacent to an activating group) is 1. The summed E-state index contributed by atoms with van der Waals surface area (Å²) in [5.41, 5.74) is 2.70. The molecule has 0 aliphatic carbocycles. The zero-order valence-corrected chi connectivity index (χ0v) is 15.7. The van der Waals surface area contributed by atoms with E-state index in [9.17, 15) is 13.6 Å². The minimum Gasteiger partial charge on any atom is -0.345 e. The highest BCUT2D eigenvalue weighted by Gasteiger charge is 2.24. The van der Waals surface area contributed by atoms with E-state index in [1.165, 1.54) is 24.3 Å². The number of carbonyl (C=O) groups is 1. The first-order valence-electron chi connectivity index (χ1n) is 9.16. The van der Waals surface area contributed by atoms with Gasteiger partial charge >= 0.3 is 0 Å². The van der Waals surface area contributed by atoms with Crippen molar-refractivity contribution in [3.8, 4) is 0 Å². The Kier molecular flexibility index (Phi) is 6.48. The lowest BCUT2D eigenvalue weighted by Crippen LogP contribution is -2.34. The topological polar surface area (TPSA) is 33.2 Å². The van der Waals surface area contributed by atoms with Gasteiger partial charge in [0, 0.05) is 26.0 Å². The van der Waals surface area contributed by atoms with Gasteiger partial charge in [-0.1, -0.05) is 24.3 Å². The lowest BCUT2D eigenvalue weighted by Gasteiger charge is -2.24. The Morgan fingerprint density at radius 1 is 0.893 bits per heavy atom. The molecule has 0 saturated heterocycles. The second kappa shape index (κ2) is 9.22. The molecular weight excluding hydrogens is 358 g/mol. The molecular formula is C23H22F2N2O. The molecule has 1 amide bonds. The molecule has 3 aromatic rings. The van der Waals surface area contributed by atoms with Crippen LogP contribution in [-0.4, -0.2) is 29.4 Å². The number of amides is 1. The second-order valence-electron chi connectivity index (χ2n) is 6.80. The fraction of sp³-hybridized carbons (Fsp3) is 0.217. The minimum atomic E-state index is -0.464. The van der Waals surface area contributed by atoms with Gasteiger partial charge in [-0.3, -0.25) is 9.78 Å². The van der Waals surface area contributed by atoms with Gasteiger partial charge in [0.05, 0.1) is 5.92 Å². The molecule has 0 fully saturated rings. The van der Waals surface area contributed by atoms with Gasteiger partial charge in [0.25, 0.3) is 0 Å². The second-order valence-corrected chi connectivity index (χ2v) is 6.80. The monoisotopic (exact) mass is 380 g/mol. The fourth-order valence-corrected chi connectivity index (χ4v) is 3.12. The molecule has 0 spiro atoms. The Balaban J connectivity index is 1.77. The first kappa shape index (κ1) is 19.7. The van der Waals surface area contributed by atoms with Crippen LogP contribution in [0.5, 0.6) is 0 Å². The van der Waals surface area contributed by atoms with Crippen LogP contribution in [0.4, 0.5) is 8.78 Å². The number of pyridine rings is 1. The van der Waals surface area contributed by atoms with Crippen molar-refractivity contribution in [1.29, 1.82) is 0 Å². The highest BCUT2D eigenvalue weighted by Crippen LogP contribution is 2.24. The Morgan fingerprint density at radius 3 is 2.07 bits per heavy atom. The van der Waals surface area contributed by atoms with Gasteiger partial charge in [0.15, 0.2) is 0 Å². The maximum Gasteiger partial charge on any atom is 0.230 e. The van der Waals surface area contributed by atoms with Crippen LogP contribution in [0, 0.1) is 11.6 Å². The summed E-state index contributed by atoms with van der Waals surface area (Å²) in [5, 5.41) is 0. The molecule has 0 bridgehead atoms. The number of benzene rings is 2. The number of nitrogens with zero attached hydrogens (tertiary/aromatic N) is 2. The van der Waals surface area contributed by atoms with E-state index in [2.05, 4.69) is 4.98 Å². The van der Waals surface area contributed by atoms with E-state index >= 15 is 0 Å². The highest BCUT2D eigenvalue weighted by atomic mass is 19.1. The predicted octanol–water partition coefficient (Wildman–Crippen LogP) is 4.39. The Morgan fingerprint density at radius 2 is 1.46 bits per heavy atom. The predicted molar refractivity (Wildman–Crippen MR) is 105 cm³/mol. The van der Waals surface area contributed by atoms with E-state index in [1.807, 2.05) is 12.1 Å². The van der Waals surface area contributed by atoms with Crippen molar-refractivity contribution in [3.05, 3.63) is 101 Å². The van der Waals surface area contributed by atoms with E-state index in [1.54, 1.807) is 48.6 Å². The van der Waals surface area contributed by atoms with Crippen LogP contribution in [0.15, 0.2) is 73.1 Å². The molecule has 2 aromatic carbocycles. The van der Waals surface area contributed by atoms with Crippen molar-refractivity contribution >= 4 is 5.91 Å². The lowest BCUT2D eigenvalue weighted by atomic mass is 9.90. The van der Waals surface area contributed by atoms with Gasteiger partial charge in [-0.2, -0.15) is 0 Å². The standard InChI is InChI=1S/C23H22F2N2O/c1-27(15-12-17-10-13-26-14-11-17)23(28)22(19-4-8-21(25)9-5-19)16-18-2-6-20(24)7-3-18/h2-11,13-14,22H,12,15-16H2,1H3. The minimum absolute atomic E-state index is 0.0509. The van der Waals surface area contributed by atoms with Crippen molar-refractivity contribution in [3.63, 3.8) is 0 Å². The third-order valence-corrected chi connectivity index (χ3v) is 4.79. The third kappa shape index (κ3) is 5.22. The van der Waals surface area contributed by atoms with Crippen LogP contribution in [0.3, 0.4) is 0 Å². The van der Waals surface area contributed by atoms with Crippen LogP contribution in [0.1, 0.15) is 22.6 Å². The molecule has 3 rings (SSSR count). The average molecular weight is 380 g/mol. The first-order valence-corrected chi connectivity index (χ1v) is 9.16. The van der Waals surface area contributed by atoms with Gasteiger partial charge in [-0.15, -0.1) is 0 Å². The first-order chi connectivity index (χ1) is 13.5. The van der Waals surface area contributed by atoms with Crippen molar-refractivity contribution in [2.24, 2.45) is 0 Å². The number of hydrogen-bond donors (Lipinski definition) is 0. The van der Waals surface area contributed by atoms with Crippen molar-refractivity contribution in [2.45, 2.75) is 18.8 Å². The number of rotatable bonds is 7. The van der Waals surface area contributed by atoms with Gasteiger partial charge in [-0.05, 0) is 65.9 Å². The van der Waals surface area contributed by atoms with Crippen LogP contribution in [-0.2, 0) is 17.6 Å². The Labute approximate surface area is 163 Å². The number of carbonyl (C=O) groups excluding carboxylic acids is 1. The molecule has 0 aliphatic rings. The van der Waals surface area contributed by atoms with Crippen molar-refractivity contribution in [1.82, 2.24) is 9.88 Å². The molecule has 1 aromatic heterocycles. The molecule has 0 aliphatic heterocycles. The van der Waals surface area contributed by atoms with Gasteiger partial charge in [-0.25, -0.2) is 8.78 Å². The van der Waals surface area contributed by atoms with Gasteiger partial charge < -0.3 is 4.90 Å². The molecule has 0 saturated carbocycles. The molecule has 0 N–H and O–H groups in total. The number of halogens is 2. The maximum atomic E-state index is 13.3. The van der Waals surface area contributed by atoms with E-state index in [-0.39, 0.29) is 17.5 Å². The molecule has 1 unspecified atom stereocenters. The molecule has 0 radical (unpaired) electrons. The van der Waals surface area contributed by atoms with Crippen molar-refractivity contribution < 1.29 is 13.6 Å². The molecule has 5 heteroatoms. The van der Waals surface area contributed by atoms with Crippen LogP contribution < -0.4 is 0 Å². The fourth-order valence-electron chi connectivity index (χ4n) is 3.12. The SMILES string of the molecule is CN(CCc1ccncc1)C(=O)C(Cc1ccc(F)cc1)c1ccc(F)cc1. The normalized spacial score (nSPS) is 11.8. The lowest BCUT2D eigenvalue weighted by molar-refractivity contribution is -0.131. The Hall–Kier alpha value is -3.08. The number of aromatic nitrogens is 1. The third-order valence-electron chi connectivity index (χ3n) is 4.79. The largest absolute Gasteiger partial charge is 0.345 e. The molecule has 28 heavy (non-hydrogen) atoms. The van der Waals surface area contributed by atoms with Gasteiger partial charge in [0.1, 0.15) is 11.6 Å². The van der Waals surface area contributed by atoms with Crippen LogP contribution >= 0.6 is 0 Å². The van der Waals surface area contributed by atoms with Gasteiger partial charge in [0.2, 0.25) is 5.91 Å².